The van der Waals surface area contributed by atoms with Crippen LogP contribution in [0.5, 0.6) is 0 Å². The number of hydrogen-bond donors (Lipinski definition) is 2. The number of pyridine rings is 1. The van der Waals surface area contributed by atoms with Gasteiger partial charge in [0.05, 0.1) is 22.7 Å². The van der Waals surface area contributed by atoms with Gasteiger partial charge in [0, 0.05) is 29.4 Å². The number of aromatic nitrogens is 1. The average molecular weight is 499 g/mol. The molecule has 2 aromatic carbocycles. The van der Waals surface area contributed by atoms with Gasteiger partial charge >= 0.3 is 12.1 Å². The van der Waals surface area contributed by atoms with Gasteiger partial charge in [-0.05, 0) is 49.2 Å². The van der Waals surface area contributed by atoms with Crippen molar-refractivity contribution in [2.24, 2.45) is 0 Å². The number of carboxylic acid groups (broad SMARTS) is 1. The molecule has 34 heavy (non-hydrogen) atoms. The molecular formula is C23H19ClF4N2O4. The Kier molecular flexibility index (Phi) is 7.30. The van der Waals surface area contributed by atoms with Gasteiger partial charge < -0.3 is 15.0 Å². The van der Waals surface area contributed by atoms with E-state index in [1.54, 1.807) is 13.0 Å². The van der Waals surface area contributed by atoms with Crippen LogP contribution in [0.1, 0.15) is 36.9 Å². The molecule has 180 valence electrons. The number of halogens is 5. The summed E-state index contributed by atoms with van der Waals surface area (Å²) in [5.74, 6) is -3.14. The van der Waals surface area contributed by atoms with Crippen LogP contribution in [0.15, 0.2) is 47.4 Å². The fraction of sp³-hybridized carbons (Fsp3) is 0.261. The zero-order chi connectivity index (χ0) is 25.2. The lowest BCUT2D eigenvalue weighted by Gasteiger charge is -2.17. The molecule has 11 heteroatoms. The number of fused-ring (bicyclic) bond motifs is 1. The molecule has 0 aliphatic carbocycles. The minimum atomic E-state index is -4.85. The molecule has 3 rings (SSSR count). The number of rotatable bonds is 7. The molecule has 2 N–H and O–H groups in total. The first-order valence-electron chi connectivity index (χ1n) is 10.1. The van der Waals surface area contributed by atoms with Crippen molar-refractivity contribution in [3.05, 3.63) is 74.9 Å². The molecule has 0 saturated heterocycles. The van der Waals surface area contributed by atoms with E-state index in [9.17, 15) is 31.9 Å². The number of amides is 1. The number of carboxylic acids is 1. The second kappa shape index (κ2) is 9.84. The number of nitrogens with zero attached hydrogens (tertiary/aromatic N) is 1. The average Bonchev–Trinajstić information content (AvgIpc) is 2.73. The summed E-state index contributed by atoms with van der Waals surface area (Å²) in [6.45, 7) is 1.71. The molecule has 1 atom stereocenters. The maximum atomic E-state index is 13.8. The monoisotopic (exact) mass is 498 g/mol. The van der Waals surface area contributed by atoms with Crippen LogP contribution in [-0.4, -0.2) is 21.6 Å². The van der Waals surface area contributed by atoms with Crippen LogP contribution >= 0.6 is 11.6 Å². The predicted molar refractivity (Wildman–Crippen MR) is 119 cm³/mol. The van der Waals surface area contributed by atoms with Crippen LogP contribution in [-0.2, 0) is 22.2 Å². The minimum Gasteiger partial charge on any atom is -0.481 e. The van der Waals surface area contributed by atoms with E-state index in [0.29, 0.717) is 17.5 Å². The van der Waals surface area contributed by atoms with E-state index in [2.05, 4.69) is 5.32 Å². The highest BCUT2D eigenvalue weighted by Gasteiger charge is 2.34. The number of anilines is 1. The summed E-state index contributed by atoms with van der Waals surface area (Å²) in [6.07, 6.45) is -3.68. The van der Waals surface area contributed by atoms with Crippen LogP contribution < -0.4 is 10.9 Å². The maximum absolute atomic E-state index is 13.8. The smallest absolute Gasteiger partial charge is 0.419 e. The Morgan fingerprint density at radius 1 is 1.15 bits per heavy atom. The first-order valence-corrected chi connectivity index (χ1v) is 10.5. The first-order chi connectivity index (χ1) is 15.9. The first kappa shape index (κ1) is 25.2. The van der Waals surface area contributed by atoms with Crippen LogP contribution in [0, 0.1) is 5.82 Å². The lowest BCUT2D eigenvalue weighted by atomic mass is 10.1. The molecule has 1 heterocycles. The van der Waals surface area contributed by atoms with Crippen LogP contribution in [0.2, 0.25) is 5.02 Å². The Balaban J connectivity index is 1.87. The summed E-state index contributed by atoms with van der Waals surface area (Å²) >= 11 is 6.21. The highest BCUT2D eigenvalue weighted by molar-refractivity contribution is 6.35. The zero-order valence-corrected chi connectivity index (χ0v) is 18.5. The molecule has 0 fully saturated rings. The van der Waals surface area contributed by atoms with E-state index in [-0.39, 0.29) is 34.5 Å². The Bertz CT molecular complexity index is 1320. The number of aliphatic carboxylic acids is 1. The van der Waals surface area contributed by atoms with Crippen molar-refractivity contribution in [1.29, 1.82) is 0 Å². The Labute approximate surface area is 195 Å². The van der Waals surface area contributed by atoms with Crippen molar-refractivity contribution in [1.82, 2.24) is 4.57 Å². The molecule has 0 unspecified atom stereocenters. The molecule has 1 aromatic heterocycles. The Morgan fingerprint density at radius 3 is 2.47 bits per heavy atom. The van der Waals surface area contributed by atoms with Crippen molar-refractivity contribution in [3.8, 4) is 0 Å². The second-order valence-corrected chi connectivity index (χ2v) is 8.14. The van der Waals surface area contributed by atoms with Gasteiger partial charge in [0.15, 0.2) is 0 Å². The Hall–Kier alpha value is -3.40. The van der Waals surface area contributed by atoms with Gasteiger partial charge in [-0.15, -0.1) is 0 Å². The zero-order valence-electron chi connectivity index (χ0n) is 17.7. The maximum Gasteiger partial charge on any atom is 0.419 e. The van der Waals surface area contributed by atoms with Gasteiger partial charge in [-0.2, -0.15) is 13.2 Å². The number of carbonyl (C=O) groups excluding carboxylic acids is 1. The van der Waals surface area contributed by atoms with Crippen molar-refractivity contribution in [2.45, 2.75) is 38.4 Å². The molecule has 0 bridgehead atoms. The van der Waals surface area contributed by atoms with Crippen molar-refractivity contribution in [3.63, 3.8) is 0 Å². The van der Waals surface area contributed by atoms with Gasteiger partial charge in [-0.1, -0.05) is 17.7 Å². The van der Waals surface area contributed by atoms with E-state index >= 15 is 0 Å². The normalized spacial score (nSPS) is 12.5. The standard InChI is InChI=1S/C23H19ClF4N2O4/c1-12(2-7-20(32)33)30-9-8-14-15(22(30)34)4-6-17(24)21(14)29-19(31)11-13-3-5-16(18(25)10-13)23(26,27)28/h3-6,8-10,12H,2,7,11H2,1H3,(H,29,31)(H,32,33)/t12-/m1/s1. The molecule has 0 radical (unpaired) electrons. The molecule has 0 saturated carbocycles. The minimum absolute atomic E-state index is 0.0222. The molecule has 6 nitrogen and oxygen atoms in total. The summed E-state index contributed by atoms with van der Waals surface area (Å²) in [7, 11) is 0. The molecule has 0 spiro atoms. The predicted octanol–water partition coefficient (Wildman–Crippen LogP) is 5.42. The third-order valence-corrected chi connectivity index (χ3v) is 5.60. The van der Waals surface area contributed by atoms with E-state index in [1.165, 1.54) is 22.9 Å². The summed E-state index contributed by atoms with van der Waals surface area (Å²) < 4.78 is 53.4. The van der Waals surface area contributed by atoms with Crippen LogP contribution in [0.25, 0.3) is 10.8 Å². The topological polar surface area (TPSA) is 88.4 Å². The van der Waals surface area contributed by atoms with Gasteiger partial charge in [0.25, 0.3) is 5.56 Å². The summed E-state index contributed by atoms with van der Waals surface area (Å²) in [5, 5.41) is 12.1. The SMILES string of the molecule is C[C@H](CCC(=O)O)n1ccc2c(NC(=O)Cc3ccc(C(F)(F)F)c(F)c3)c(Cl)ccc2c1=O. The van der Waals surface area contributed by atoms with Crippen molar-refractivity contribution in [2.75, 3.05) is 5.32 Å². The third-order valence-electron chi connectivity index (χ3n) is 5.28. The lowest BCUT2D eigenvalue weighted by Crippen LogP contribution is -2.24. The van der Waals surface area contributed by atoms with Crippen molar-refractivity contribution >= 4 is 39.9 Å². The summed E-state index contributed by atoms with van der Waals surface area (Å²) in [6, 6.07) is 6.25. The van der Waals surface area contributed by atoms with Gasteiger partial charge in [-0.25, -0.2) is 4.39 Å². The number of carbonyl (C=O) groups is 2. The molecular weight excluding hydrogens is 480 g/mol. The van der Waals surface area contributed by atoms with Crippen LogP contribution in [0.4, 0.5) is 23.2 Å². The van der Waals surface area contributed by atoms with Gasteiger partial charge in [0.2, 0.25) is 5.91 Å². The highest BCUT2D eigenvalue weighted by Crippen LogP contribution is 2.32. The van der Waals surface area contributed by atoms with Gasteiger partial charge in [0.1, 0.15) is 5.82 Å². The number of benzene rings is 2. The number of hydrogen-bond acceptors (Lipinski definition) is 3. The number of alkyl halides is 3. The molecule has 3 aromatic rings. The van der Waals surface area contributed by atoms with Crippen LogP contribution in [0.3, 0.4) is 0 Å². The van der Waals surface area contributed by atoms with E-state index < -0.39 is 47.5 Å². The number of nitrogens with one attached hydrogen (secondary N) is 1. The van der Waals surface area contributed by atoms with Gasteiger partial charge in [-0.3, -0.25) is 14.4 Å². The fourth-order valence-electron chi connectivity index (χ4n) is 3.53. The highest BCUT2D eigenvalue weighted by atomic mass is 35.5. The molecule has 1 amide bonds. The second-order valence-electron chi connectivity index (χ2n) is 7.73. The van der Waals surface area contributed by atoms with Crippen molar-refractivity contribution < 1.29 is 32.3 Å². The van der Waals surface area contributed by atoms with E-state index in [1.807, 2.05) is 0 Å². The quantitative estimate of drug-likeness (QED) is 0.426. The van der Waals surface area contributed by atoms with E-state index in [0.717, 1.165) is 6.07 Å². The molecule has 0 aliphatic rings. The third kappa shape index (κ3) is 5.56. The largest absolute Gasteiger partial charge is 0.481 e. The summed E-state index contributed by atoms with van der Waals surface area (Å²) in [5.41, 5.74) is -1.69. The fourth-order valence-corrected chi connectivity index (χ4v) is 3.74. The Morgan fingerprint density at radius 2 is 1.85 bits per heavy atom. The lowest BCUT2D eigenvalue weighted by molar-refractivity contribution is -0.140. The summed E-state index contributed by atoms with van der Waals surface area (Å²) in [4.78, 5) is 36.3. The van der Waals surface area contributed by atoms with E-state index in [4.69, 9.17) is 16.7 Å². The molecule has 0 aliphatic heterocycles.